The zero-order valence-electron chi connectivity index (χ0n) is 13.5. The molecule has 2 heterocycles. The van der Waals surface area contributed by atoms with Crippen molar-refractivity contribution in [3.63, 3.8) is 0 Å². The van der Waals surface area contributed by atoms with Gasteiger partial charge >= 0.3 is 0 Å². The lowest BCUT2D eigenvalue weighted by Gasteiger charge is -2.39. The van der Waals surface area contributed by atoms with Crippen LogP contribution >= 0.6 is 0 Å². The molecule has 0 spiro atoms. The molecule has 0 aromatic carbocycles. The van der Waals surface area contributed by atoms with Crippen molar-refractivity contribution in [1.82, 2.24) is 4.90 Å². The molecule has 0 saturated carbocycles. The maximum absolute atomic E-state index is 5.26. The van der Waals surface area contributed by atoms with Gasteiger partial charge in [-0.05, 0) is 25.3 Å². The molecule has 1 fully saturated rings. The first-order valence-electron chi connectivity index (χ1n) is 7.63. The average Bonchev–Trinajstić information content (AvgIpc) is 2.32. The third-order valence-electron chi connectivity index (χ3n) is 3.85. The third kappa shape index (κ3) is 4.43. The monoisotopic (exact) mass is 266 g/mol. The van der Waals surface area contributed by atoms with Crippen LogP contribution in [0.3, 0.4) is 0 Å². The van der Waals surface area contributed by atoms with E-state index >= 15 is 0 Å². The minimum atomic E-state index is 0.549. The molecule has 0 aliphatic carbocycles. The summed E-state index contributed by atoms with van der Waals surface area (Å²) < 4.78 is 5.26. The molecule has 2 aliphatic rings. The number of aliphatic imine (C=N–C) groups is 1. The maximum Gasteiger partial charge on any atom is 0.0645 e. The van der Waals surface area contributed by atoms with Gasteiger partial charge in [0.2, 0.25) is 0 Å². The van der Waals surface area contributed by atoms with E-state index < -0.39 is 0 Å². The Kier molecular flexibility index (Phi) is 6.73. The summed E-state index contributed by atoms with van der Waals surface area (Å²) >= 11 is 0. The molecule has 0 bridgehead atoms. The molecule has 3 heteroatoms. The van der Waals surface area contributed by atoms with Crippen LogP contribution in [-0.2, 0) is 4.74 Å². The van der Waals surface area contributed by atoms with E-state index in [2.05, 4.69) is 32.6 Å². The lowest BCUT2D eigenvalue weighted by Crippen LogP contribution is -2.51. The fraction of sp³-hybridized carbons (Fsp3) is 0.812. The predicted molar refractivity (Wildman–Crippen MR) is 82.8 cm³/mol. The summed E-state index contributed by atoms with van der Waals surface area (Å²) in [5, 5.41) is 0. The van der Waals surface area contributed by atoms with Crippen LogP contribution in [0.5, 0.6) is 0 Å². The van der Waals surface area contributed by atoms with Crippen LogP contribution in [0, 0.1) is 5.92 Å². The van der Waals surface area contributed by atoms with Crippen molar-refractivity contribution >= 4 is 5.71 Å². The first-order chi connectivity index (χ1) is 9.08. The smallest absolute Gasteiger partial charge is 0.0645 e. The van der Waals surface area contributed by atoms with Crippen LogP contribution in [0.1, 0.15) is 48.0 Å². The first kappa shape index (κ1) is 16.4. The van der Waals surface area contributed by atoms with Gasteiger partial charge in [-0.1, -0.05) is 27.7 Å². The van der Waals surface area contributed by atoms with Crippen molar-refractivity contribution in [2.75, 3.05) is 26.3 Å². The Labute approximate surface area is 118 Å². The quantitative estimate of drug-likeness (QED) is 0.730. The summed E-state index contributed by atoms with van der Waals surface area (Å²) in [6, 6.07) is 0.654. The van der Waals surface area contributed by atoms with Crippen LogP contribution in [0.15, 0.2) is 16.3 Å². The summed E-state index contributed by atoms with van der Waals surface area (Å²) in [5.41, 5.74) is 4.00. The summed E-state index contributed by atoms with van der Waals surface area (Å²) in [5.74, 6) is 0.549. The largest absolute Gasteiger partial charge is 0.378 e. The second-order valence-corrected chi connectivity index (χ2v) is 5.55. The highest BCUT2D eigenvalue weighted by atomic mass is 16.5. The number of hydrogen-bond donors (Lipinski definition) is 0. The SMILES string of the molecule is CC.CC(=NC1=C(C)CN(C2COC2)CC1)C(C)C. The highest BCUT2D eigenvalue weighted by Crippen LogP contribution is 2.23. The standard InChI is InChI=1S/C14H24N2O.C2H6/c1-10(2)12(4)15-14-5-6-16(7-11(14)3)13-8-17-9-13;1-2/h10,13H,5-9H2,1-4H3;1-2H3. The Morgan fingerprint density at radius 2 is 1.95 bits per heavy atom. The highest BCUT2D eigenvalue weighted by Gasteiger charge is 2.28. The van der Waals surface area contributed by atoms with Gasteiger partial charge in [-0.15, -0.1) is 0 Å². The minimum absolute atomic E-state index is 0.549. The van der Waals surface area contributed by atoms with Crippen LogP contribution in [0.2, 0.25) is 0 Å². The molecule has 0 amide bonds. The highest BCUT2D eigenvalue weighted by molar-refractivity contribution is 5.84. The third-order valence-corrected chi connectivity index (χ3v) is 3.85. The molecule has 3 nitrogen and oxygen atoms in total. The topological polar surface area (TPSA) is 24.8 Å². The molecule has 0 unspecified atom stereocenters. The molecule has 0 N–H and O–H groups in total. The van der Waals surface area contributed by atoms with Crippen molar-refractivity contribution in [3.8, 4) is 0 Å². The molecule has 110 valence electrons. The zero-order chi connectivity index (χ0) is 14.4. The van der Waals surface area contributed by atoms with Crippen molar-refractivity contribution in [2.45, 2.75) is 54.0 Å². The number of rotatable bonds is 3. The molecule has 2 aliphatic heterocycles. The molecule has 2 rings (SSSR count). The van der Waals surface area contributed by atoms with E-state index in [1.165, 1.54) is 17.0 Å². The second kappa shape index (κ2) is 7.81. The fourth-order valence-corrected chi connectivity index (χ4v) is 2.18. The summed E-state index contributed by atoms with van der Waals surface area (Å²) in [7, 11) is 0. The van der Waals surface area contributed by atoms with Gasteiger partial charge in [0.1, 0.15) is 0 Å². The lowest BCUT2D eigenvalue weighted by molar-refractivity contribution is -0.0630. The van der Waals surface area contributed by atoms with Gasteiger partial charge in [-0.3, -0.25) is 9.89 Å². The summed E-state index contributed by atoms with van der Waals surface area (Å²) in [6.07, 6.45) is 1.09. The van der Waals surface area contributed by atoms with E-state index in [1.807, 2.05) is 13.8 Å². The number of hydrogen-bond acceptors (Lipinski definition) is 3. The Morgan fingerprint density at radius 1 is 1.32 bits per heavy atom. The van der Waals surface area contributed by atoms with E-state index in [0.717, 1.165) is 32.7 Å². The van der Waals surface area contributed by atoms with Crippen LogP contribution < -0.4 is 0 Å². The Bertz CT molecular complexity index is 341. The molecule has 0 atom stereocenters. The van der Waals surface area contributed by atoms with Crippen LogP contribution in [0.4, 0.5) is 0 Å². The van der Waals surface area contributed by atoms with Crippen molar-refractivity contribution in [2.24, 2.45) is 10.9 Å². The Balaban J connectivity index is 0.000000861. The van der Waals surface area contributed by atoms with Gasteiger partial charge < -0.3 is 4.74 Å². The average molecular weight is 266 g/mol. The zero-order valence-corrected chi connectivity index (χ0v) is 13.5. The van der Waals surface area contributed by atoms with Crippen molar-refractivity contribution < 1.29 is 4.74 Å². The van der Waals surface area contributed by atoms with Gasteiger partial charge in [-0.25, -0.2) is 0 Å². The van der Waals surface area contributed by atoms with E-state index in [-0.39, 0.29) is 0 Å². The molecule has 1 saturated heterocycles. The van der Waals surface area contributed by atoms with Crippen molar-refractivity contribution in [1.29, 1.82) is 0 Å². The number of ether oxygens (including phenoxy) is 1. The normalized spacial score (nSPS) is 22.2. The fourth-order valence-electron chi connectivity index (χ4n) is 2.18. The summed E-state index contributed by atoms with van der Waals surface area (Å²) in [6.45, 7) is 16.8. The summed E-state index contributed by atoms with van der Waals surface area (Å²) in [4.78, 5) is 7.32. The predicted octanol–water partition coefficient (Wildman–Crippen LogP) is 3.51. The Morgan fingerprint density at radius 3 is 2.37 bits per heavy atom. The van der Waals surface area contributed by atoms with Crippen LogP contribution in [-0.4, -0.2) is 43.0 Å². The van der Waals surface area contributed by atoms with Gasteiger partial charge in [-0.2, -0.15) is 0 Å². The van der Waals surface area contributed by atoms with Crippen molar-refractivity contribution in [3.05, 3.63) is 11.3 Å². The lowest BCUT2D eigenvalue weighted by atomic mass is 10.0. The molecule has 0 aromatic heterocycles. The van der Waals surface area contributed by atoms with E-state index in [4.69, 9.17) is 9.73 Å². The van der Waals surface area contributed by atoms with Gasteiger partial charge in [0, 0.05) is 30.9 Å². The number of nitrogens with zero attached hydrogens (tertiary/aromatic N) is 2. The van der Waals surface area contributed by atoms with Gasteiger partial charge in [0.25, 0.3) is 0 Å². The van der Waals surface area contributed by atoms with Gasteiger partial charge in [0.05, 0.1) is 19.3 Å². The van der Waals surface area contributed by atoms with E-state index in [1.54, 1.807) is 0 Å². The molecule has 0 radical (unpaired) electrons. The van der Waals surface area contributed by atoms with Crippen LogP contribution in [0.25, 0.3) is 0 Å². The second-order valence-electron chi connectivity index (χ2n) is 5.55. The van der Waals surface area contributed by atoms with E-state index in [9.17, 15) is 0 Å². The Hall–Kier alpha value is -0.670. The first-order valence-corrected chi connectivity index (χ1v) is 7.63. The molecular formula is C16H30N2O. The molecule has 19 heavy (non-hydrogen) atoms. The van der Waals surface area contributed by atoms with E-state index in [0.29, 0.717) is 12.0 Å². The van der Waals surface area contributed by atoms with Gasteiger partial charge in [0.15, 0.2) is 0 Å². The molecular weight excluding hydrogens is 236 g/mol. The molecule has 0 aromatic rings. The minimum Gasteiger partial charge on any atom is -0.378 e. The maximum atomic E-state index is 5.26.